The summed E-state index contributed by atoms with van der Waals surface area (Å²) in [7, 11) is 0. The van der Waals surface area contributed by atoms with Crippen LogP contribution >= 0.6 is 23.2 Å². The Hall–Kier alpha value is -2.05. The van der Waals surface area contributed by atoms with Crippen molar-refractivity contribution in [1.29, 1.82) is 0 Å². The Balaban J connectivity index is 1.92. The third-order valence-corrected chi connectivity index (χ3v) is 3.26. The van der Waals surface area contributed by atoms with Gasteiger partial charge in [-0.15, -0.1) is 0 Å². The molecule has 0 fully saturated rings. The van der Waals surface area contributed by atoms with Gasteiger partial charge in [0.25, 0.3) is 0 Å². The minimum Gasteiger partial charge on any atom is -0.360 e. The number of halogens is 2. The van der Waals surface area contributed by atoms with E-state index in [-0.39, 0.29) is 17.3 Å². The van der Waals surface area contributed by atoms with Crippen molar-refractivity contribution in [2.75, 3.05) is 10.6 Å². The van der Waals surface area contributed by atoms with Crippen molar-refractivity contribution in [3.63, 3.8) is 0 Å². The molecule has 0 aliphatic rings. The van der Waals surface area contributed by atoms with Crippen molar-refractivity contribution < 1.29 is 14.1 Å². The van der Waals surface area contributed by atoms with Gasteiger partial charge in [-0.05, 0) is 19.1 Å². The summed E-state index contributed by atoms with van der Waals surface area (Å²) in [6.45, 7) is 1.69. The average molecular weight is 328 g/mol. The molecule has 110 valence electrons. The van der Waals surface area contributed by atoms with Crippen LogP contribution < -0.4 is 10.6 Å². The molecule has 2 amide bonds. The molecular formula is C13H11Cl2N3O3. The summed E-state index contributed by atoms with van der Waals surface area (Å²) in [4.78, 5) is 23.4. The number of nitrogens with zero attached hydrogens (tertiary/aromatic N) is 1. The Bertz CT molecular complexity index is 685. The van der Waals surface area contributed by atoms with Crippen LogP contribution in [0.3, 0.4) is 0 Å². The zero-order valence-corrected chi connectivity index (χ0v) is 12.5. The lowest BCUT2D eigenvalue weighted by Crippen LogP contribution is -2.21. The van der Waals surface area contributed by atoms with Crippen molar-refractivity contribution >= 4 is 46.5 Å². The second kappa shape index (κ2) is 6.60. The molecule has 1 heterocycles. The summed E-state index contributed by atoms with van der Waals surface area (Å²) in [5.74, 6) is -0.220. The molecule has 0 saturated carbocycles. The Kier molecular flexibility index (Phi) is 4.82. The van der Waals surface area contributed by atoms with E-state index in [1.807, 2.05) is 0 Å². The van der Waals surface area contributed by atoms with Gasteiger partial charge in [0, 0.05) is 6.07 Å². The van der Waals surface area contributed by atoms with Gasteiger partial charge in [-0.2, -0.15) is 0 Å². The van der Waals surface area contributed by atoms with E-state index in [4.69, 9.17) is 27.7 Å². The number of rotatable bonds is 4. The molecule has 0 aliphatic carbocycles. The lowest BCUT2D eigenvalue weighted by atomic mass is 10.3. The molecule has 1 aromatic heterocycles. The summed E-state index contributed by atoms with van der Waals surface area (Å²) in [5.41, 5.74) is 0.347. The van der Waals surface area contributed by atoms with Crippen molar-refractivity contribution in [3.05, 3.63) is 40.1 Å². The van der Waals surface area contributed by atoms with Crippen LogP contribution in [-0.2, 0) is 9.59 Å². The first-order valence-electron chi connectivity index (χ1n) is 5.92. The molecule has 0 saturated heterocycles. The highest BCUT2D eigenvalue weighted by atomic mass is 35.5. The van der Waals surface area contributed by atoms with Gasteiger partial charge in [-0.1, -0.05) is 34.4 Å². The Morgan fingerprint density at radius 2 is 1.95 bits per heavy atom. The molecule has 0 radical (unpaired) electrons. The molecule has 2 aromatic rings. The van der Waals surface area contributed by atoms with E-state index >= 15 is 0 Å². The van der Waals surface area contributed by atoms with E-state index in [1.165, 1.54) is 0 Å². The fourth-order valence-electron chi connectivity index (χ4n) is 1.55. The van der Waals surface area contributed by atoms with Crippen LogP contribution in [0.5, 0.6) is 0 Å². The van der Waals surface area contributed by atoms with E-state index in [2.05, 4.69) is 15.8 Å². The number of carbonyl (C=O) groups excluding carboxylic acids is 2. The smallest absolute Gasteiger partial charge is 0.235 e. The third-order valence-electron chi connectivity index (χ3n) is 2.44. The third kappa shape index (κ3) is 4.21. The minimum atomic E-state index is -0.517. The Labute approximate surface area is 130 Å². The van der Waals surface area contributed by atoms with E-state index < -0.39 is 11.8 Å². The van der Waals surface area contributed by atoms with Crippen molar-refractivity contribution in [3.8, 4) is 0 Å². The van der Waals surface area contributed by atoms with Gasteiger partial charge in [-0.3, -0.25) is 9.59 Å². The van der Waals surface area contributed by atoms with Crippen LogP contribution in [0.1, 0.15) is 12.2 Å². The fourth-order valence-corrected chi connectivity index (χ4v) is 1.90. The number of hydrogen-bond acceptors (Lipinski definition) is 4. The molecule has 0 unspecified atom stereocenters. The maximum Gasteiger partial charge on any atom is 0.235 e. The summed E-state index contributed by atoms with van der Waals surface area (Å²) in [6.07, 6.45) is -0.380. The molecule has 0 bridgehead atoms. The van der Waals surface area contributed by atoms with E-state index in [1.54, 1.807) is 31.2 Å². The van der Waals surface area contributed by atoms with Crippen molar-refractivity contribution in [1.82, 2.24) is 5.16 Å². The lowest BCUT2D eigenvalue weighted by molar-refractivity contribution is -0.123. The van der Waals surface area contributed by atoms with Crippen molar-refractivity contribution in [2.24, 2.45) is 0 Å². The minimum absolute atomic E-state index is 0.222. The Morgan fingerprint density at radius 3 is 2.62 bits per heavy atom. The van der Waals surface area contributed by atoms with Crippen molar-refractivity contribution in [2.45, 2.75) is 13.3 Å². The molecule has 2 N–H and O–H groups in total. The molecule has 0 aliphatic heterocycles. The van der Waals surface area contributed by atoms with Crippen LogP contribution in [-0.4, -0.2) is 17.0 Å². The molecule has 0 spiro atoms. The standard InChI is InChI=1S/C13H11Cl2N3O3/c1-7-5-10(18-21-7)17-12(20)6-11(19)16-9-4-2-3-8(14)13(9)15/h2-5H,6H2,1H3,(H,16,19)(H,17,18,20). The summed E-state index contributed by atoms with van der Waals surface area (Å²) in [6, 6.07) is 6.37. The van der Waals surface area contributed by atoms with Gasteiger partial charge in [0.1, 0.15) is 12.2 Å². The highest BCUT2D eigenvalue weighted by molar-refractivity contribution is 6.44. The Morgan fingerprint density at radius 1 is 1.24 bits per heavy atom. The predicted octanol–water partition coefficient (Wildman–Crippen LogP) is 3.26. The number of nitrogens with one attached hydrogen (secondary N) is 2. The van der Waals surface area contributed by atoms with Gasteiger partial charge in [-0.25, -0.2) is 0 Å². The first-order valence-corrected chi connectivity index (χ1v) is 6.68. The molecule has 2 rings (SSSR count). The highest BCUT2D eigenvalue weighted by Crippen LogP contribution is 2.29. The van der Waals surface area contributed by atoms with Crippen LogP contribution in [0.15, 0.2) is 28.8 Å². The molecular weight excluding hydrogens is 317 g/mol. The number of aryl methyl sites for hydroxylation is 1. The van der Waals surface area contributed by atoms with Gasteiger partial charge in [0.15, 0.2) is 5.82 Å². The molecule has 6 nitrogen and oxygen atoms in total. The van der Waals surface area contributed by atoms with Crippen LogP contribution in [0.4, 0.5) is 11.5 Å². The molecule has 8 heteroatoms. The number of aromatic nitrogens is 1. The van der Waals surface area contributed by atoms with E-state index in [9.17, 15) is 9.59 Å². The topological polar surface area (TPSA) is 84.2 Å². The zero-order valence-electron chi connectivity index (χ0n) is 10.9. The normalized spacial score (nSPS) is 10.2. The lowest BCUT2D eigenvalue weighted by Gasteiger charge is -2.07. The molecule has 1 aromatic carbocycles. The largest absolute Gasteiger partial charge is 0.360 e. The number of amides is 2. The molecule has 0 atom stereocenters. The van der Waals surface area contributed by atoms with Crippen LogP contribution in [0.25, 0.3) is 0 Å². The maximum absolute atomic E-state index is 11.8. The number of anilines is 2. The van der Waals surface area contributed by atoms with Gasteiger partial charge >= 0.3 is 0 Å². The first kappa shape index (κ1) is 15.3. The quantitative estimate of drug-likeness (QED) is 0.844. The van der Waals surface area contributed by atoms with Gasteiger partial charge < -0.3 is 15.2 Å². The zero-order chi connectivity index (χ0) is 15.4. The van der Waals surface area contributed by atoms with Crippen LogP contribution in [0, 0.1) is 6.92 Å². The van der Waals surface area contributed by atoms with E-state index in [0.717, 1.165) is 0 Å². The van der Waals surface area contributed by atoms with Crippen LogP contribution in [0.2, 0.25) is 10.0 Å². The molecule has 21 heavy (non-hydrogen) atoms. The number of benzene rings is 1. The SMILES string of the molecule is Cc1cc(NC(=O)CC(=O)Nc2cccc(Cl)c2Cl)no1. The number of carbonyl (C=O) groups is 2. The summed E-state index contributed by atoms with van der Waals surface area (Å²) in [5, 5.41) is 9.09. The maximum atomic E-state index is 11.8. The van der Waals surface area contributed by atoms with Gasteiger partial charge in [0.2, 0.25) is 11.8 Å². The summed E-state index contributed by atoms with van der Waals surface area (Å²) >= 11 is 11.8. The second-order valence-corrected chi connectivity index (χ2v) is 4.98. The van der Waals surface area contributed by atoms with E-state index in [0.29, 0.717) is 16.5 Å². The average Bonchev–Trinajstić information content (AvgIpc) is 2.80. The first-order chi connectivity index (χ1) is 9.95. The fraction of sp³-hybridized carbons (Fsp3) is 0.154. The monoisotopic (exact) mass is 327 g/mol. The predicted molar refractivity (Wildman–Crippen MR) is 79.6 cm³/mol. The second-order valence-electron chi connectivity index (χ2n) is 4.20. The number of hydrogen-bond donors (Lipinski definition) is 2. The summed E-state index contributed by atoms with van der Waals surface area (Å²) < 4.78 is 4.80. The van der Waals surface area contributed by atoms with Gasteiger partial charge in [0.05, 0.1) is 15.7 Å². The highest BCUT2D eigenvalue weighted by Gasteiger charge is 2.13.